The van der Waals surface area contributed by atoms with Crippen molar-refractivity contribution in [1.29, 1.82) is 0 Å². The number of ether oxygens (including phenoxy) is 1. The molecule has 2 rings (SSSR count). The van der Waals surface area contributed by atoms with Crippen LogP contribution in [0.2, 0.25) is 0 Å². The summed E-state index contributed by atoms with van der Waals surface area (Å²) in [5.74, 6) is 1.97. The zero-order valence-corrected chi connectivity index (χ0v) is 9.56. The first kappa shape index (κ1) is 10.8. The van der Waals surface area contributed by atoms with Crippen molar-refractivity contribution in [3.63, 3.8) is 0 Å². The quantitative estimate of drug-likeness (QED) is 0.503. The largest absolute Gasteiger partial charge is 0.469 e. The van der Waals surface area contributed by atoms with Crippen molar-refractivity contribution in [2.45, 2.75) is 30.4 Å². The van der Waals surface area contributed by atoms with Gasteiger partial charge in [0, 0.05) is 16.1 Å². The summed E-state index contributed by atoms with van der Waals surface area (Å²) in [6.07, 6.45) is 4.29. The minimum Gasteiger partial charge on any atom is -0.469 e. The number of carbonyl (C=O) groups excluding carboxylic acids is 2. The molecule has 0 aromatic rings. The van der Waals surface area contributed by atoms with Gasteiger partial charge in [0.05, 0.1) is 13.0 Å². The Balaban J connectivity index is 2.12. The van der Waals surface area contributed by atoms with Gasteiger partial charge < -0.3 is 4.74 Å². The molecule has 4 heteroatoms. The van der Waals surface area contributed by atoms with Gasteiger partial charge in [-0.1, -0.05) is 6.42 Å². The van der Waals surface area contributed by atoms with Gasteiger partial charge >= 0.3 is 5.97 Å². The zero-order valence-electron chi connectivity index (χ0n) is 8.75. The SMILES string of the molecule is COC(=O)C1CSC2(CCC2)CC1=C=O. The standard InChI is InChI=1S/C11H14O3S/c1-14-10(13)9-7-15-11(3-2-4-11)5-8(9)6-12/h9H,2-5,7H2,1H3. The highest BCUT2D eigenvalue weighted by Gasteiger charge is 2.45. The normalized spacial score (nSPS) is 28.1. The molecule has 82 valence electrons. The highest BCUT2D eigenvalue weighted by molar-refractivity contribution is 8.00. The number of thioether (sulfide) groups is 1. The summed E-state index contributed by atoms with van der Waals surface area (Å²) in [6.45, 7) is 0. The second kappa shape index (κ2) is 4.03. The summed E-state index contributed by atoms with van der Waals surface area (Å²) >= 11 is 1.82. The van der Waals surface area contributed by atoms with E-state index in [1.54, 1.807) is 0 Å². The summed E-state index contributed by atoms with van der Waals surface area (Å²) in [4.78, 5) is 22.3. The van der Waals surface area contributed by atoms with Crippen LogP contribution in [0.1, 0.15) is 25.7 Å². The molecule has 3 nitrogen and oxygen atoms in total. The first-order valence-electron chi connectivity index (χ1n) is 5.16. The molecule has 1 aliphatic heterocycles. The minimum atomic E-state index is -0.358. The summed E-state index contributed by atoms with van der Waals surface area (Å²) < 4.78 is 4.94. The van der Waals surface area contributed by atoms with Gasteiger partial charge in [0.25, 0.3) is 0 Å². The molecule has 0 aromatic carbocycles. The minimum absolute atomic E-state index is 0.247. The third-order valence-corrected chi connectivity index (χ3v) is 5.04. The van der Waals surface area contributed by atoms with E-state index in [0.717, 1.165) is 19.3 Å². The van der Waals surface area contributed by atoms with Crippen molar-refractivity contribution >= 4 is 23.7 Å². The van der Waals surface area contributed by atoms with Crippen LogP contribution >= 0.6 is 11.8 Å². The van der Waals surface area contributed by atoms with Gasteiger partial charge in [-0.05, 0) is 19.3 Å². The first-order valence-corrected chi connectivity index (χ1v) is 6.15. The van der Waals surface area contributed by atoms with Crippen LogP contribution in [0.4, 0.5) is 0 Å². The molecule has 15 heavy (non-hydrogen) atoms. The molecule has 0 N–H and O–H groups in total. The lowest BCUT2D eigenvalue weighted by atomic mass is 9.77. The monoisotopic (exact) mass is 226 g/mol. The molecule has 1 saturated carbocycles. The predicted octanol–water partition coefficient (Wildman–Crippen LogP) is 1.59. The molecule has 1 unspecified atom stereocenters. The molecule has 0 amide bonds. The highest BCUT2D eigenvalue weighted by atomic mass is 32.2. The van der Waals surface area contributed by atoms with E-state index in [-0.39, 0.29) is 16.6 Å². The van der Waals surface area contributed by atoms with Gasteiger partial charge in [-0.25, -0.2) is 4.79 Å². The van der Waals surface area contributed by atoms with Crippen LogP contribution in [-0.4, -0.2) is 29.5 Å². The molecule has 1 spiro atoms. The van der Waals surface area contributed by atoms with Crippen molar-refractivity contribution in [3.05, 3.63) is 5.57 Å². The molecule has 0 radical (unpaired) electrons. The van der Waals surface area contributed by atoms with E-state index in [9.17, 15) is 9.59 Å². The third kappa shape index (κ3) is 1.84. The second-order valence-electron chi connectivity index (χ2n) is 4.23. The summed E-state index contributed by atoms with van der Waals surface area (Å²) in [5, 5.41) is 0. The molecule has 1 saturated heterocycles. The van der Waals surface area contributed by atoms with Crippen LogP contribution in [0, 0.1) is 5.92 Å². The van der Waals surface area contributed by atoms with E-state index in [1.807, 2.05) is 17.7 Å². The molecule has 2 aliphatic rings. The first-order chi connectivity index (χ1) is 7.21. The smallest absolute Gasteiger partial charge is 0.314 e. The van der Waals surface area contributed by atoms with Crippen LogP contribution in [0.5, 0.6) is 0 Å². The number of esters is 1. The Bertz CT molecular complexity index is 327. The fourth-order valence-electron chi connectivity index (χ4n) is 2.23. The molecule has 1 heterocycles. The number of carbonyl (C=O) groups is 1. The van der Waals surface area contributed by atoms with Crippen LogP contribution in [0.3, 0.4) is 0 Å². The Kier molecular flexibility index (Phi) is 2.89. The van der Waals surface area contributed by atoms with Crippen molar-refractivity contribution < 1.29 is 14.3 Å². The summed E-state index contributed by atoms with van der Waals surface area (Å²) in [7, 11) is 1.36. The van der Waals surface area contributed by atoms with Crippen molar-refractivity contribution in [2.24, 2.45) is 5.92 Å². The average molecular weight is 226 g/mol. The van der Waals surface area contributed by atoms with E-state index in [2.05, 4.69) is 4.74 Å². The molecular weight excluding hydrogens is 212 g/mol. The average Bonchev–Trinajstić information content (AvgIpc) is 2.25. The van der Waals surface area contributed by atoms with Gasteiger partial charge in [-0.2, -0.15) is 11.8 Å². The van der Waals surface area contributed by atoms with E-state index >= 15 is 0 Å². The van der Waals surface area contributed by atoms with Crippen LogP contribution in [-0.2, 0) is 14.3 Å². The summed E-state index contributed by atoms with van der Waals surface area (Å²) in [5.41, 5.74) is 0.611. The van der Waals surface area contributed by atoms with Crippen molar-refractivity contribution in [3.8, 4) is 0 Å². The maximum Gasteiger partial charge on any atom is 0.314 e. The Morgan fingerprint density at radius 2 is 2.33 bits per heavy atom. The zero-order chi connectivity index (χ0) is 10.9. The van der Waals surface area contributed by atoms with Crippen molar-refractivity contribution in [2.75, 3.05) is 12.9 Å². The Hall–Kier alpha value is -0.730. The molecule has 2 fully saturated rings. The van der Waals surface area contributed by atoms with Gasteiger partial charge in [0.1, 0.15) is 5.94 Å². The van der Waals surface area contributed by atoms with Gasteiger partial charge in [0.15, 0.2) is 0 Å². The fourth-order valence-corrected chi connectivity index (χ4v) is 3.93. The fraction of sp³-hybridized carbons (Fsp3) is 0.727. The van der Waals surface area contributed by atoms with E-state index in [1.165, 1.54) is 13.5 Å². The number of methoxy groups -OCH3 is 1. The molecular formula is C11H14O3S. The third-order valence-electron chi connectivity index (χ3n) is 3.37. The number of rotatable bonds is 1. The molecule has 0 aromatic heterocycles. The predicted molar refractivity (Wildman–Crippen MR) is 58.4 cm³/mol. The number of hydrogen-bond donors (Lipinski definition) is 0. The van der Waals surface area contributed by atoms with Crippen LogP contribution in [0.15, 0.2) is 5.57 Å². The van der Waals surface area contributed by atoms with E-state index in [4.69, 9.17) is 0 Å². The lowest BCUT2D eigenvalue weighted by Crippen LogP contribution is -2.41. The Morgan fingerprint density at radius 1 is 1.60 bits per heavy atom. The van der Waals surface area contributed by atoms with E-state index < -0.39 is 0 Å². The molecule has 0 bridgehead atoms. The van der Waals surface area contributed by atoms with Crippen molar-refractivity contribution in [1.82, 2.24) is 0 Å². The van der Waals surface area contributed by atoms with Crippen LogP contribution < -0.4 is 0 Å². The lowest BCUT2D eigenvalue weighted by molar-refractivity contribution is -0.143. The Morgan fingerprint density at radius 3 is 2.80 bits per heavy atom. The van der Waals surface area contributed by atoms with Gasteiger partial charge in [-0.15, -0.1) is 0 Å². The topological polar surface area (TPSA) is 43.4 Å². The Labute approximate surface area is 93.2 Å². The van der Waals surface area contributed by atoms with Gasteiger partial charge in [-0.3, -0.25) is 4.79 Å². The highest BCUT2D eigenvalue weighted by Crippen LogP contribution is 2.52. The second-order valence-corrected chi connectivity index (χ2v) is 5.72. The summed E-state index contributed by atoms with van der Waals surface area (Å²) in [6, 6.07) is 0. The molecule has 1 atom stereocenters. The molecule has 1 aliphatic carbocycles. The van der Waals surface area contributed by atoms with Crippen LogP contribution in [0.25, 0.3) is 0 Å². The lowest BCUT2D eigenvalue weighted by Gasteiger charge is -2.45. The maximum atomic E-state index is 11.4. The number of hydrogen-bond acceptors (Lipinski definition) is 4. The van der Waals surface area contributed by atoms with Gasteiger partial charge in [0.2, 0.25) is 0 Å². The van der Waals surface area contributed by atoms with E-state index in [0.29, 0.717) is 11.3 Å². The maximum absolute atomic E-state index is 11.4.